The van der Waals surface area contributed by atoms with Crippen molar-refractivity contribution in [1.29, 1.82) is 0 Å². The minimum Gasteiger partial charge on any atom is -0.370 e. The number of anilines is 1. The summed E-state index contributed by atoms with van der Waals surface area (Å²) in [5.74, 6) is 0. The van der Waals surface area contributed by atoms with E-state index in [-0.39, 0.29) is 0 Å². The van der Waals surface area contributed by atoms with Crippen molar-refractivity contribution in [2.24, 2.45) is 0 Å². The maximum atomic E-state index is 6.14. The highest BCUT2D eigenvalue weighted by atomic mass is 35.5. The summed E-state index contributed by atoms with van der Waals surface area (Å²) in [6.45, 7) is 7.64. The monoisotopic (exact) mass is 390 g/mol. The molecule has 0 aliphatic carbocycles. The number of nitrogens with one attached hydrogen (secondary N) is 3. The molecule has 0 aromatic heterocycles. The number of morpholine rings is 1. The lowest BCUT2D eigenvalue weighted by atomic mass is 10.1. The second-order valence-electron chi connectivity index (χ2n) is 6.58. The highest BCUT2D eigenvalue weighted by Crippen LogP contribution is 2.22. The van der Waals surface area contributed by atoms with Crippen LogP contribution in [-0.2, 0) is 17.8 Å². The van der Waals surface area contributed by atoms with E-state index in [4.69, 9.17) is 28.6 Å². The smallest absolute Gasteiger partial charge is 0.171 e. The van der Waals surface area contributed by atoms with Gasteiger partial charge in [-0.2, -0.15) is 0 Å². The number of benzene rings is 2. The van der Waals surface area contributed by atoms with Gasteiger partial charge in [-0.25, -0.2) is 0 Å². The third-order valence-electron chi connectivity index (χ3n) is 4.65. The zero-order valence-corrected chi connectivity index (χ0v) is 16.6. The highest BCUT2D eigenvalue weighted by Gasteiger charge is 2.13. The molecule has 2 aromatic rings. The standard InChI is InChI=1S/C20H24ClN3OS/c1-15-18(21)3-2-4-19(15)23-20(26)22-13-16-5-7-17(8-6-16)14-24-9-11-25-12-10-24/h2-8H,9-14H2,1H3,(H2,22,23,26)/p+1. The average molecular weight is 391 g/mol. The van der Waals surface area contributed by atoms with E-state index in [1.807, 2.05) is 25.1 Å². The molecule has 1 heterocycles. The predicted octanol–water partition coefficient (Wildman–Crippen LogP) is 2.55. The van der Waals surface area contributed by atoms with E-state index in [0.717, 1.165) is 49.1 Å². The fraction of sp³-hybridized carbons (Fsp3) is 0.350. The third kappa shape index (κ3) is 5.42. The number of hydrogen-bond donors (Lipinski definition) is 3. The molecule has 0 radical (unpaired) electrons. The van der Waals surface area contributed by atoms with Gasteiger partial charge in [-0.1, -0.05) is 41.9 Å². The molecule has 0 bridgehead atoms. The molecule has 6 heteroatoms. The van der Waals surface area contributed by atoms with Crippen molar-refractivity contribution in [3.8, 4) is 0 Å². The number of ether oxygens (including phenoxy) is 1. The lowest BCUT2D eigenvalue weighted by Crippen LogP contribution is -3.12. The molecule has 1 aliphatic heterocycles. The van der Waals surface area contributed by atoms with Gasteiger partial charge in [-0.15, -0.1) is 0 Å². The molecular formula is C20H25ClN3OS+. The first-order chi connectivity index (χ1) is 12.6. The van der Waals surface area contributed by atoms with Crippen LogP contribution in [0.15, 0.2) is 42.5 Å². The van der Waals surface area contributed by atoms with Crippen LogP contribution in [0, 0.1) is 6.92 Å². The van der Waals surface area contributed by atoms with Crippen molar-refractivity contribution in [1.82, 2.24) is 5.32 Å². The number of quaternary nitrogens is 1. The lowest BCUT2D eigenvalue weighted by Gasteiger charge is -2.23. The first kappa shape index (κ1) is 19.1. The largest absolute Gasteiger partial charge is 0.370 e. The summed E-state index contributed by atoms with van der Waals surface area (Å²) in [7, 11) is 0. The van der Waals surface area contributed by atoms with Crippen LogP contribution in [0.4, 0.5) is 5.69 Å². The van der Waals surface area contributed by atoms with Gasteiger partial charge in [0.25, 0.3) is 0 Å². The second kappa shape index (κ2) is 9.33. The van der Waals surface area contributed by atoms with Gasteiger partial charge in [0, 0.05) is 22.8 Å². The summed E-state index contributed by atoms with van der Waals surface area (Å²) in [6.07, 6.45) is 0. The molecule has 0 unspecified atom stereocenters. The highest BCUT2D eigenvalue weighted by molar-refractivity contribution is 7.80. The Morgan fingerprint density at radius 1 is 1.12 bits per heavy atom. The van der Waals surface area contributed by atoms with Crippen LogP contribution in [0.3, 0.4) is 0 Å². The molecule has 3 rings (SSSR count). The Labute approximate surface area is 165 Å². The molecule has 1 saturated heterocycles. The number of hydrogen-bond acceptors (Lipinski definition) is 2. The van der Waals surface area contributed by atoms with E-state index in [2.05, 4.69) is 34.9 Å². The Morgan fingerprint density at radius 3 is 2.54 bits per heavy atom. The van der Waals surface area contributed by atoms with Crippen LogP contribution in [0.5, 0.6) is 0 Å². The molecule has 4 nitrogen and oxygen atoms in total. The van der Waals surface area contributed by atoms with Gasteiger partial charge in [0.05, 0.1) is 13.2 Å². The average Bonchev–Trinajstić information content (AvgIpc) is 2.66. The van der Waals surface area contributed by atoms with E-state index < -0.39 is 0 Å². The van der Waals surface area contributed by atoms with Crippen molar-refractivity contribution in [3.63, 3.8) is 0 Å². The number of rotatable bonds is 5. The summed E-state index contributed by atoms with van der Waals surface area (Å²) in [6, 6.07) is 14.5. The Hall–Kier alpha value is -1.66. The molecule has 0 saturated carbocycles. The van der Waals surface area contributed by atoms with Crippen molar-refractivity contribution < 1.29 is 9.64 Å². The number of halogens is 1. The third-order valence-corrected chi connectivity index (χ3v) is 5.30. The van der Waals surface area contributed by atoms with E-state index >= 15 is 0 Å². The van der Waals surface area contributed by atoms with Gasteiger partial charge in [0.1, 0.15) is 19.6 Å². The summed E-state index contributed by atoms with van der Waals surface area (Å²) < 4.78 is 5.41. The van der Waals surface area contributed by atoms with Gasteiger partial charge in [-0.05, 0) is 42.4 Å². The summed E-state index contributed by atoms with van der Waals surface area (Å²) >= 11 is 11.5. The Bertz CT molecular complexity index is 745. The molecule has 3 N–H and O–H groups in total. The summed E-state index contributed by atoms with van der Waals surface area (Å²) in [5.41, 5.74) is 4.49. The molecule has 1 fully saturated rings. The first-order valence-corrected chi connectivity index (χ1v) is 9.69. The van der Waals surface area contributed by atoms with Crippen molar-refractivity contribution >= 4 is 34.6 Å². The lowest BCUT2D eigenvalue weighted by molar-refractivity contribution is -0.921. The Balaban J connectivity index is 1.48. The van der Waals surface area contributed by atoms with Crippen LogP contribution < -0.4 is 15.5 Å². The molecular weight excluding hydrogens is 366 g/mol. The van der Waals surface area contributed by atoms with Crippen LogP contribution in [-0.4, -0.2) is 31.4 Å². The van der Waals surface area contributed by atoms with Gasteiger partial charge in [0.2, 0.25) is 0 Å². The van der Waals surface area contributed by atoms with Gasteiger partial charge in [-0.3, -0.25) is 0 Å². The van der Waals surface area contributed by atoms with Gasteiger partial charge < -0.3 is 20.3 Å². The van der Waals surface area contributed by atoms with Gasteiger partial charge >= 0.3 is 0 Å². The zero-order chi connectivity index (χ0) is 18.4. The maximum Gasteiger partial charge on any atom is 0.171 e. The molecule has 0 amide bonds. The SMILES string of the molecule is Cc1c(Cl)cccc1NC(=S)NCc1ccc(C[NH+]2CCOCC2)cc1. The molecule has 0 spiro atoms. The van der Waals surface area contributed by atoms with Crippen molar-refractivity contribution in [3.05, 3.63) is 64.2 Å². The predicted molar refractivity (Wildman–Crippen MR) is 111 cm³/mol. The quantitative estimate of drug-likeness (QED) is 0.686. The normalized spacial score (nSPS) is 14.8. The van der Waals surface area contributed by atoms with Crippen LogP contribution in [0.1, 0.15) is 16.7 Å². The molecule has 26 heavy (non-hydrogen) atoms. The fourth-order valence-corrected chi connectivity index (χ4v) is 3.35. The molecule has 138 valence electrons. The maximum absolute atomic E-state index is 6.14. The van der Waals surface area contributed by atoms with Crippen LogP contribution >= 0.6 is 23.8 Å². The van der Waals surface area contributed by atoms with Crippen LogP contribution in [0.2, 0.25) is 5.02 Å². The summed E-state index contributed by atoms with van der Waals surface area (Å²) in [4.78, 5) is 1.59. The van der Waals surface area contributed by atoms with Crippen molar-refractivity contribution in [2.45, 2.75) is 20.0 Å². The summed E-state index contributed by atoms with van der Waals surface area (Å²) in [5, 5.41) is 7.78. The molecule has 1 aliphatic rings. The fourth-order valence-electron chi connectivity index (χ4n) is 2.99. The Morgan fingerprint density at radius 2 is 1.81 bits per heavy atom. The second-order valence-corrected chi connectivity index (χ2v) is 7.39. The van der Waals surface area contributed by atoms with Gasteiger partial charge in [0.15, 0.2) is 5.11 Å². The first-order valence-electron chi connectivity index (χ1n) is 8.91. The van der Waals surface area contributed by atoms with E-state index in [9.17, 15) is 0 Å². The number of thiocarbonyl (C=S) groups is 1. The topological polar surface area (TPSA) is 37.7 Å². The molecule has 2 aromatic carbocycles. The van der Waals surface area contributed by atoms with Crippen molar-refractivity contribution in [2.75, 3.05) is 31.6 Å². The van der Waals surface area contributed by atoms with Crippen LogP contribution in [0.25, 0.3) is 0 Å². The minimum atomic E-state index is 0.595. The zero-order valence-electron chi connectivity index (χ0n) is 15.0. The van der Waals surface area contributed by atoms with E-state index in [0.29, 0.717) is 11.7 Å². The van der Waals surface area contributed by atoms with E-state index in [1.54, 1.807) is 4.90 Å². The minimum absolute atomic E-state index is 0.595. The molecule has 0 atom stereocenters. The van der Waals surface area contributed by atoms with E-state index in [1.165, 1.54) is 11.1 Å². The Kier molecular flexibility index (Phi) is 6.86.